The van der Waals surface area contributed by atoms with Crippen LogP contribution < -0.4 is 0 Å². The first-order valence-corrected chi connectivity index (χ1v) is 8.05. The van der Waals surface area contributed by atoms with Gasteiger partial charge in [-0.25, -0.2) is 0 Å². The monoisotopic (exact) mass is 334 g/mol. The molecule has 0 aliphatic rings. The Morgan fingerprint density at radius 1 is 0.800 bits per heavy atom. The van der Waals surface area contributed by atoms with Crippen molar-refractivity contribution in [2.75, 3.05) is 0 Å². The topological polar surface area (TPSA) is 37.3 Å². The van der Waals surface area contributed by atoms with Crippen molar-refractivity contribution >= 4 is 5.97 Å². The Morgan fingerprint density at radius 2 is 1.35 bits per heavy atom. The van der Waals surface area contributed by atoms with Gasteiger partial charge in [-0.2, -0.15) is 0 Å². The number of hydrogen-bond donors (Lipinski definition) is 1. The van der Waals surface area contributed by atoms with Crippen LogP contribution in [-0.4, -0.2) is 11.1 Å². The fraction of sp³-hybridized carbons (Fsp3) is 0.824. The van der Waals surface area contributed by atoms with Gasteiger partial charge in [-0.15, -0.1) is 0 Å². The maximum absolute atomic E-state index is 10.0. The van der Waals surface area contributed by atoms with E-state index in [2.05, 4.69) is 32.9 Å². The maximum Gasteiger partial charge on any atom is 0.303 e. The zero-order chi connectivity index (χ0) is 14.8. The number of aliphatic carboxylic acids is 1. The van der Waals surface area contributed by atoms with E-state index in [9.17, 15) is 4.79 Å². The van der Waals surface area contributed by atoms with Crippen molar-refractivity contribution in [2.45, 2.75) is 91.4 Å². The van der Waals surface area contributed by atoms with Gasteiger partial charge in [0.1, 0.15) is 0 Å². The molecule has 0 heterocycles. The summed E-state index contributed by atoms with van der Waals surface area (Å²) >= 11 is 0. The van der Waals surface area contributed by atoms with Crippen LogP contribution in [0.5, 0.6) is 0 Å². The zero-order valence-corrected chi connectivity index (χ0v) is 17.0. The molecule has 1 N–H and O–H groups in total. The SMILES string of the molecule is CCCC=CCCCC.CCCCCCCC(=O)O.[Zn]. The molecule has 0 saturated carbocycles. The van der Waals surface area contributed by atoms with E-state index >= 15 is 0 Å². The summed E-state index contributed by atoms with van der Waals surface area (Å²) in [6, 6.07) is 0. The molecule has 0 aliphatic carbocycles. The Hall–Kier alpha value is -0.167. The van der Waals surface area contributed by atoms with Crippen LogP contribution in [0.2, 0.25) is 0 Å². The molecule has 0 aliphatic heterocycles. The molecular formula is C17H34O2Zn. The van der Waals surface area contributed by atoms with Crippen LogP contribution in [0.15, 0.2) is 12.2 Å². The van der Waals surface area contributed by atoms with Crippen LogP contribution in [0.25, 0.3) is 0 Å². The number of carboxylic acid groups (broad SMARTS) is 1. The van der Waals surface area contributed by atoms with Crippen LogP contribution in [-0.2, 0) is 24.3 Å². The molecule has 0 fully saturated rings. The summed E-state index contributed by atoms with van der Waals surface area (Å²) in [5.74, 6) is -0.670. The van der Waals surface area contributed by atoms with Crippen LogP contribution in [0, 0.1) is 0 Å². The van der Waals surface area contributed by atoms with E-state index in [1.54, 1.807) is 0 Å². The van der Waals surface area contributed by atoms with E-state index in [0.717, 1.165) is 12.8 Å². The van der Waals surface area contributed by atoms with Gasteiger partial charge in [-0.05, 0) is 19.3 Å². The van der Waals surface area contributed by atoms with Crippen LogP contribution >= 0.6 is 0 Å². The summed E-state index contributed by atoms with van der Waals surface area (Å²) in [5.41, 5.74) is 0. The van der Waals surface area contributed by atoms with Crippen molar-refractivity contribution in [1.82, 2.24) is 0 Å². The molecule has 0 aromatic heterocycles. The first kappa shape index (κ1) is 24.8. The molecule has 0 aromatic carbocycles. The van der Waals surface area contributed by atoms with Gasteiger partial charge in [0.2, 0.25) is 0 Å². The molecule has 116 valence electrons. The molecule has 0 aromatic rings. The van der Waals surface area contributed by atoms with E-state index < -0.39 is 5.97 Å². The molecule has 0 bridgehead atoms. The Morgan fingerprint density at radius 3 is 1.85 bits per heavy atom. The van der Waals surface area contributed by atoms with Gasteiger partial charge >= 0.3 is 5.97 Å². The smallest absolute Gasteiger partial charge is 0.303 e. The average molecular weight is 336 g/mol. The van der Waals surface area contributed by atoms with Crippen molar-refractivity contribution in [1.29, 1.82) is 0 Å². The van der Waals surface area contributed by atoms with Gasteiger partial charge in [-0.3, -0.25) is 4.79 Å². The third kappa shape index (κ3) is 30.7. The van der Waals surface area contributed by atoms with Gasteiger partial charge in [-0.1, -0.05) is 77.9 Å². The second kappa shape index (κ2) is 23.9. The molecule has 0 rings (SSSR count). The standard InChI is InChI=1S/C9H18.C8H16O2.Zn/c1-3-5-7-9-8-6-4-2;1-2-3-4-5-6-7-8(9)10;/h7,9H,3-6,8H2,1-2H3;2-7H2,1H3,(H,9,10);. The molecule has 0 amide bonds. The Kier molecular flexibility index (Phi) is 29.7. The molecule has 0 atom stereocenters. The van der Waals surface area contributed by atoms with E-state index in [1.165, 1.54) is 51.4 Å². The predicted molar refractivity (Wildman–Crippen MR) is 84.6 cm³/mol. The molecular weight excluding hydrogens is 302 g/mol. The van der Waals surface area contributed by atoms with Crippen molar-refractivity contribution in [2.24, 2.45) is 0 Å². The van der Waals surface area contributed by atoms with E-state index in [1.807, 2.05) is 0 Å². The summed E-state index contributed by atoms with van der Waals surface area (Å²) in [6.45, 7) is 6.59. The van der Waals surface area contributed by atoms with E-state index in [0.29, 0.717) is 6.42 Å². The van der Waals surface area contributed by atoms with Gasteiger partial charge in [0.25, 0.3) is 0 Å². The average Bonchev–Trinajstić information content (AvgIpc) is 2.39. The third-order valence-electron chi connectivity index (χ3n) is 2.84. The number of carbonyl (C=O) groups is 1. The third-order valence-corrected chi connectivity index (χ3v) is 2.84. The Labute approximate surface area is 139 Å². The number of allylic oxidation sites excluding steroid dienone is 2. The zero-order valence-electron chi connectivity index (χ0n) is 14.0. The normalized spacial score (nSPS) is 9.75. The van der Waals surface area contributed by atoms with Gasteiger partial charge < -0.3 is 5.11 Å². The molecule has 2 nitrogen and oxygen atoms in total. The summed E-state index contributed by atoms with van der Waals surface area (Å²) in [7, 11) is 0. The van der Waals surface area contributed by atoms with Crippen molar-refractivity contribution in [3.05, 3.63) is 12.2 Å². The van der Waals surface area contributed by atoms with Crippen LogP contribution in [0.3, 0.4) is 0 Å². The van der Waals surface area contributed by atoms with Crippen LogP contribution in [0.4, 0.5) is 0 Å². The first-order valence-electron chi connectivity index (χ1n) is 8.05. The number of unbranched alkanes of at least 4 members (excludes halogenated alkanes) is 7. The van der Waals surface area contributed by atoms with Crippen molar-refractivity contribution in [3.63, 3.8) is 0 Å². The quantitative estimate of drug-likeness (QED) is 0.287. The first-order chi connectivity index (χ1) is 9.18. The van der Waals surface area contributed by atoms with Crippen molar-refractivity contribution in [3.8, 4) is 0 Å². The summed E-state index contributed by atoms with van der Waals surface area (Å²) in [4.78, 5) is 10.0. The number of hydrogen-bond acceptors (Lipinski definition) is 1. The largest absolute Gasteiger partial charge is 0.481 e. The summed E-state index contributed by atoms with van der Waals surface area (Å²) < 4.78 is 0. The molecule has 0 radical (unpaired) electrons. The fourth-order valence-electron chi connectivity index (χ4n) is 1.60. The molecule has 20 heavy (non-hydrogen) atoms. The van der Waals surface area contributed by atoms with Gasteiger partial charge in [0.15, 0.2) is 0 Å². The van der Waals surface area contributed by atoms with Crippen LogP contribution in [0.1, 0.15) is 91.4 Å². The maximum atomic E-state index is 10.0. The second-order valence-corrected chi connectivity index (χ2v) is 4.96. The predicted octanol–water partition coefficient (Wildman–Crippen LogP) is 5.96. The second-order valence-electron chi connectivity index (χ2n) is 4.96. The minimum atomic E-state index is -0.670. The Bertz CT molecular complexity index is 203. The summed E-state index contributed by atoms with van der Waals surface area (Å²) in [6.07, 6.45) is 16.9. The van der Waals surface area contributed by atoms with Gasteiger partial charge in [0, 0.05) is 25.9 Å². The van der Waals surface area contributed by atoms with Gasteiger partial charge in [0.05, 0.1) is 0 Å². The molecule has 0 unspecified atom stereocenters. The minimum Gasteiger partial charge on any atom is -0.481 e. The van der Waals surface area contributed by atoms with E-state index in [-0.39, 0.29) is 19.5 Å². The number of carboxylic acids is 1. The molecule has 3 heteroatoms. The molecule has 0 saturated heterocycles. The molecule has 0 spiro atoms. The van der Waals surface area contributed by atoms with Crippen molar-refractivity contribution < 1.29 is 29.4 Å². The van der Waals surface area contributed by atoms with E-state index in [4.69, 9.17) is 5.11 Å². The number of rotatable bonds is 11. The minimum absolute atomic E-state index is 0. The Balaban J connectivity index is -0.000000277. The summed E-state index contributed by atoms with van der Waals surface area (Å²) in [5, 5.41) is 8.27. The fourth-order valence-corrected chi connectivity index (χ4v) is 1.60.